The minimum absolute atomic E-state index is 0.0929. The lowest BCUT2D eigenvalue weighted by molar-refractivity contribution is -0.155. The van der Waals surface area contributed by atoms with Crippen molar-refractivity contribution in [1.29, 1.82) is 0 Å². The minimum atomic E-state index is -4.53. The Balaban J connectivity index is 2.86. The molecule has 0 aliphatic heterocycles. The summed E-state index contributed by atoms with van der Waals surface area (Å²) in [5.41, 5.74) is 1.51. The zero-order valence-corrected chi connectivity index (χ0v) is 8.74. The number of hydrogen-bond donors (Lipinski definition) is 2. The van der Waals surface area contributed by atoms with E-state index in [1.165, 1.54) is 12.1 Å². The molecule has 0 spiro atoms. The molecule has 0 bridgehead atoms. The lowest BCUT2D eigenvalue weighted by Crippen LogP contribution is -2.47. The summed E-state index contributed by atoms with van der Waals surface area (Å²) in [5.74, 6) is 3.99. The molecule has 0 amide bonds. The van der Waals surface area contributed by atoms with Crippen molar-refractivity contribution in [2.45, 2.75) is 18.6 Å². The molecule has 0 saturated carbocycles. The molecule has 0 aromatic heterocycles. The molecule has 16 heavy (non-hydrogen) atoms. The normalized spacial score (nSPS) is 13.9. The van der Waals surface area contributed by atoms with Crippen LogP contribution in [0.2, 0.25) is 5.02 Å². The van der Waals surface area contributed by atoms with Crippen LogP contribution in [0, 0.1) is 5.82 Å². The third-order valence-corrected chi connectivity index (χ3v) is 2.27. The van der Waals surface area contributed by atoms with Gasteiger partial charge in [0.2, 0.25) is 0 Å². The van der Waals surface area contributed by atoms with E-state index in [1.54, 1.807) is 5.43 Å². The van der Waals surface area contributed by atoms with Crippen LogP contribution in [0.4, 0.5) is 17.6 Å². The molecule has 1 aromatic carbocycles. The van der Waals surface area contributed by atoms with Crippen molar-refractivity contribution >= 4 is 11.6 Å². The number of nitrogens with two attached hydrogens (primary N) is 1. The molecule has 7 heteroatoms. The quantitative estimate of drug-likeness (QED) is 0.495. The molecule has 3 N–H and O–H groups in total. The lowest BCUT2D eigenvalue weighted by atomic mass is 10.1. The van der Waals surface area contributed by atoms with Crippen molar-refractivity contribution in [1.82, 2.24) is 5.43 Å². The van der Waals surface area contributed by atoms with Crippen molar-refractivity contribution < 1.29 is 17.6 Å². The first-order chi connectivity index (χ1) is 7.34. The maximum Gasteiger partial charge on any atom is 0.405 e. The van der Waals surface area contributed by atoms with E-state index in [1.807, 2.05) is 0 Å². The fourth-order valence-electron chi connectivity index (χ4n) is 1.18. The van der Waals surface area contributed by atoms with Gasteiger partial charge in [-0.05, 0) is 17.7 Å². The van der Waals surface area contributed by atoms with Gasteiger partial charge >= 0.3 is 6.18 Å². The average molecular weight is 257 g/mol. The largest absolute Gasteiger partial charge is 0.405 e. The summed E-state index contributed by atoms with van der Waals surface area (Å²) in [7, 11) is 0. The SMILES string of the molecule is NNC(Cc1ccc(Cl)cc1F)C(F)(F)F. The Morgan fingerprint density at radius 1 is 1.38 bits per heavy atom. The maximum absolute atomic E-state index is 13.2. The highest BCUT2D eigenvalue weighted by Gasteiger charge is 2.39. The van der Waals surface area contributed by atoms with Gasteiger partial charge in [0.15, 0.2) is 0 Å². The summed E-state index contributed by atoms with van der Waals surface area (Å²) in [5, 5.41) is 0.130. The average Bonchev–Trinajstić information content (AvgIpc) is 2.14. The molecule has 0 saturated heterocycles. The monoisotopic (exact) mass is 256 g/mol. The van der Waals surface area contributed by atoms with Crippen molar-refractivity contribution in [3.63, 3.8) is 0 Å². The molecular formula is C9H9ClF4N2. The molecule has 1 aromatic rings. The highest BCUT2D eigenvalue weighted by Crippen LogP contribution is 2.24. The maximum atomic E-state index is 13.2. The summed E-state index contributed by atoms with van der Waals surface area (Å²) >= 11 is 5.47. The molecule has 0 heterocycles. The first-order valence-electron chi connectivity index (χ1n) is 4.31. The summed E-state index contributed by atoms with van der Waals surface area (Å²) in [4.78, 5) is 0. The van der Waals surface area contributed by atoms with Gasteiger partial charge in [-0.3, -0.25) is 5.84 Å². The van der Waals surface area contributed by atoms with Crippen LogP contribution in [0.25, 0.3) is 0 Å². The number of nitrogens with one attached hydrogen (secondary N) is 1. The zero-order valence-electron chi connectivity index (χ0n) is 7.98. The number of halogens is 5. The predicted octanol–water partition coefficient (Wildman–Crippen LogP) is 2.42. The second-order valence-electron chi connectivity index (χ2n) is 3.20. The molecule has 0 aliphatic rings. The molecule has 1 unspecified atom stereocenters. The fourth-order valence-corrected chi connectivity index (χ4v) is 1.34. The number of hydrazine groups is 1. The van der Waals surface area contributed by atoms with E-state index in [9.17, 15) is 17.6 Å². The van der Waals surface area contributed by atoms with E-state index in [4.69, 9.17) is 17.4 Å². The van der Waals surface area contributed by atoms with Crippen LogP contribution in [0.5, 0.6) is 0 Å². The summed E-state index contributed by atoms with van der Waals surface area (Å²) in [6, 6.07) is 1.50. The van der Waals surface area contributed by atoms with Gasteiger partial charge in [0, 0.05) is 11.4 Å². The van der Waals surface area contributed by atoms with Gasteiger partial charge in [-0.15, -0.1) is 0 Å². The van der Waals surface area contributed by atoms with Crippen LogP contribution < -0.4 is 11.3 Å². The standard InChI is InChI=1S/C9H9ClF4N2/c10-6-2-1-5(7(11)4-6)3-8(16-15)9(12,13)14/h1-2,4,8,16H,3,15H2. The second kappa shape index (κ2) is 4.99. The molecular weight excluding hydrogens is 248 g/mol. The molecule has 1 rings (SSSR count). The van der Waals surface area contributed by atoms with E-state index < -0.39 is 24.5 Å². The highest BCUT2D eigenvalue weighted by molar-refractivity contribution is 6.30. The summed E-state index contributed by atoms with van der Waals surface area (Å²) < 4.78 is 50.2. The van der Waals surface area contributed by atoms with Gasteiger partial charge in [-0.1, -0.05) is 17.7 Å². The van der Waals surface area contributed by atoms with Gasteiger partial charge in [0.1, 0.15) is 11.9 Å². The summed E-state index contributed by atoms with van der Waals surface area (Å²) in [6.07, 6.45) is -5.11. The van der Waals surface area contributed by atoms with Crippen molar-refractivity contribution in [2.75, 3.05) is 0 Å². The first kappa shape index (κ1) is 13.2. The molecule has 2 nitrogen and oxygen atoms in total. The smallest absolute Gasteiger partial charge is 0.271 e. The van der Waals surface area contributed by atoms with Crippen molar-refractivity contribution in [3.05, 3.63) is 34.6 Å². The van der Waals surface area contributed by atoms with Crippen LogP contribution >= 0.6 is 11.6 Å². The van der Waals surface area contributed by atoms with Crippen molar-refractivity contribution in [3.8, 4) is 0 Å². The Bertz CT molecular complexity index is 367. The zero-order chi connectivity index (χ0) is 12.3. The molecule has 0 aliphatic carbocycles. The van der Waals surface area contributed by atoms with Crippen LogP contribution in [0.15, 0.2) is 18.2 Å². The Morgan fingerprint density at radius 2 is 2.00 bits per heavy atom. The predicted molar refractivity (Wildman–Crippen MR) is 52.3 cm³/mol. The van der Waals surface area contributed by atoms with E-state index in [0.29, 0.717) is 0 Å². The third kappa shape index (κ3) is 3.33. The molecule has 1 atom stereocenters. The molecule has 0 radical (unpaired) electrons. The minimum Gasteiger partial charge on any atom is -0.271 e. The molecule has 90 valence electrons. The van der Waals surface area contributed by atoms with Gasteiger partial charge in [-0.25, -0.2) is 9.82 Å². The van der Waals surface area contributed by atoms with E-state index in [2.05, 4.69) is 0 Å². The third-order valence-electron chi connectivity index (χ3n) is 2.04. The van der Waals surface area contributed by atoms with Gasteiger partial charge in [-0.2, -0.15) is 13.2 Å². The van der Waals surface area contributed by atoms with E-state index in [-0.39, 0.29) is 10.6 Å². The Hall–Kier alpha value is -0.850. The Labute approximate surface area is 94.4 Å². The lowest BCUT2D eigenvalue weighted by Gasteiger charge is -2.19. The highest BCUT2D eigenvalue weighted by atomic mass is 35.5. The van der Waals surface area contributed by atoms with Crippen LogP contribution in [-0.2, 0) is 6.42 Å². The van der Waals surface area contributed by atoms with E-state index in [0.717, 1.165) is 6.07 Å². The van der Waals surface area contributed by atoms with Crippen LogP contribution in [-0.4, -0.2) is 12.2 Å². The number of hydrogen-bond acceptors (Lipinski definition) is 2. The van der Waals surface area contributed by atoms with Crippen LogP contribution in [0.1, 0.15) is 5.56 Å². The fraction of sp³-hybridized carbons (Fsp3) is 0.333. The van der Waals surface area contributed by atoms with Crippen molar-refractivity contribution in [2.24, 2.45) is 5.84 Å². The van der Waals surface area contributed by atoms with Crippen LogP contribution in [0.3, 0.4) is 0 Å². The first-order valence-corrected chi connectivity index (χ1v) is 4.69. The summed E-state index contributed by atoms with van der Waals surface area (Å²) in [6.45, 7) is 0. The number of alkyl halides is 3. The topological polar surface area (TPSA) is 38.0 Å². The van der Waals surface area contributed by atoms with Gasteiger partial charge < -0.3 is 0 Å². The number of benzene rings is 1. The molecule has 0 fully saturated rings. The number of rotatable bonds is 3. The Kier molecular flexibility index (Phi) is 4.12. The van der Waals surface area contributed by atoms with E-state index >= 15 is 0 Å². The van der Waals surface area contributed by atoms with Gasteiger partial charge in [0.25, 0.3) is 0 Å². The second-order valence-corrected chi connectivity index (χ2v) is 3.64. The van der Waals surface area contributed by atoms with Gasteiger partial charge in [0.05, 0.1) is 0 Å². The Morgan fingerprint density at radius 3 is 2.44 bits per heavy atom.